The zero-order valence-electron chi connectivity index (χ0n) is 12.7. The molecule has 22 heavy (non-hydrogen) atoms. The fourth-order valence-electron chi connectivity index (χ4n) is 1.85. The van der Waals surface area contributed by atoms with E-state index >= 15 is 0 Å². The normalized spacial score (nSPS) is 10.7. The van der Waals surface area contributed by atoms with Crippen molar-refractivity contribution < 1.29 is 14.2 Å². The molecular weight excluding hydrogens is 286 g/mol. The second-order valence-electron chi connectivity index (χ2n) is 4.89. The van der Waals surface area contributed by atoms with Crippen molar-refractivity contribution >= 4 is 5.91 Å². The SMILES string of the molecule is Cc1nonc1OCCNC(=O)CN(C)Cc1cccnc1. The molecule has 1 amide bonds. The van der Waals surface area contributed by atoms with Gasteiger partial charge in [0.15, 0.2) is 0 Å². The van der Waals surface area contributed by atoms with Gasteiger partial charge in [0, 0.05) is 18.9 Å². The molecule has 1 N–H and O–H groups in total. The second kappa shape index (κ2) is 8.08. The van der Waals surface area contributed by atoms with Crippen LogP contribution < -0.4 is 10.1 Å². The summed E-state index contributed by atoms with van der Waals surface area (Å²) in [6, 6.07) is 3.85. The topological polar surface area (TPSA) is 93.4 Å². The molecule has 8 nitrogen and oxygen atoms in total. The fraction of sp³-hybridized carbons (Fsp3) is 0.429. The number of carbonyl (C=O) groups excluding carboxylic acids is 1. The lowest BCUT2D eigenvalue weighted by molar-refractivity contribution is -0.122. The van der Waals surface area contributed by atoms with Crippen LogP contribution in [0.3, 0.4) is 0 Å². The molecule has 2 aromatic heterocycles. The molecule has 0 saturated carbocycles. The first-order valence-electron chi connectivity index (χ1n) is 6.91. The van der Waals surface area contributed by atoms with Gasteiger partial charge in [-0.05, 0) is 30.8 Å². The van der Waals surface area contributed by atoms with Crippen LogP contribution >= 0.6 is 0 Å². The Balaban J connectivity index is 1.62. The molecule has 0 saturated heterocycles. The summed E-state index contributed by atoms with van der Waals surface area (Å²) in [5, 5.41) is 9.97. The summed E-state index contributed by atoms with van der Waals surface area (Å²) < 4.78 is 9.83. The van der Waals surface area contributed by atoms with Crippen molar-refractivity contribution in [1.29, 1.82) is 0 Å². The Morgan fingerprint density at radius 3 is 3.00 bits per heavy atom. The van der Waals surface area contributed by atoms with E-state index in [1.807, 2.05) is 24.1 Å². The molecule has 0 fully saturated rings. The average Bonchev–Trinajstić information content (AvgIpc) is 2.90. The van der Waals surface area contributed by atoms with E-state index in [0.717, 1.165) is 5.56 Å². The van der Waals surface area contributed by atoms with E-state index in [2.05, 4.69) is 25.2 Å². The lowest BCUT2D eigenvalue weighted by Crippen LogP contribution is -2.36. The number of likely N-dealkylation sites (N-methyl/N-ethyl adjacent to an activating group) is 1. The zero-order valence-corrected chi connectivity index (χ0v) is 12.7. The first-order valence-corrected chi connectivity index (χ1v) is 6.91. The van der Waals surface area contributed by atoms with Crippen molar-refractivity contribution in [1.82, 2.24) is 25.5 Å². The van der Waals surface area contributed by atoms with E-state index in [9.17, 15) is 4.79 Å². The number of aromatic nitrogens is 3. The molecule has 0 spiro atoms. The number of rotatable bonds is 8. The standard InChI is InChI=1S/C14H19N5O3/c1-11-14(18-22-17-11)21-7-6-16-13(20)10-19(2)9-12-4-3-5-15-8-12/h3-5,8H,6-7,9-10H2,1-2H3,(H,16,20). The van der Waals surface area contributed by atoms with Crippen molar-refractivity contribution in [3.63, 3.8) is 0 Å². The Morgan fingerprint density at radius 2 is 2.32 bits per heavy atom. The molecular formula is C14H19N5O3. The molecule has 118 valence electrons. The highest BCUT2D eigenvalue weighted by molar-refractivity contribution is 5.77. The summed E-state index contributed by atoms with van der Waals surface area (Å²) in [5.74, 6) is 0.285. The molecule has 0 aromatic carbocycles. The predicted octanol–water partition coefficient (Wildman–Crippen LogP) is 0.400. The molecule has 2 heterocycles. The number of pyridine rings is 1. The van der Waals surface area contributed by atoms with Gasteiger partial charge in [-0.15, -0.1) is 0 Å². The third-order valence-corrected chi connectivity index (χ3v) is 2.86. The lowest BCUT2D eigenvalue weighted by Gasteiger charge is -2.16. The Labute approximate surface area is 128 Å². The quantitative estimate of drug-likeness (QED) is 0.705. The Bertz CT molecular complexity index is 587. The van der Waals surface area contributed by atoms with Crippen molar-refractivity contribution in [3.8, 4) is 5.88 Å². The van der Waals surface area contributed by atoms with Crippen LogP contribution in [0.5, 0.6) is 5.88 Å². The number of carbonyl (C=O) groups is 1. The van der Waals surface area contributed by atoms with Crippen LogP contribution in [0.1, 0.15) is 11.3 Å². The van der Waals surface area contributed by atoms with Crippen LogP contribution in [0.15, 0.2) is 29.2 Å². The first-order chi connectivity index (χ1) is 10.6. The van der Waals surface area contributed by atoms with Crippen LogP contribution in [-0.2, 0) is 11.3 Å². The molecule has 0 bridgehead atoms. The van der Waals surface area contributed by atoms with Crippen molar-refractivity contribution in [3.05, 3.63) is 35.8 Å². The van der Waals surface area contributed by atoms with E-state index in [-0.39, 0.29) is 5.91 Å². The van der Waals surface area contributed by atoms with Crippen molar-refractivity contribution in [2.45, 2.75) is 13.5 Å². The van der Waals surface area contributed by atoms with Crippen molar-refractivity contribution in [2.75, 3.05) is 26.7 Å². The van der Waals surface area contributed by atoms with Gasteiger partial charge in [-0.3, -0.25) is 14.7 Å². The van der Waals surface area contributed by atoms with E-state index in [0.29, 0.717) is 37.8 Å². The van der Waals surface area contributed by atoms with Gasteiger partial charge < -0.3 is 10.1 Å². The number of aryl methyl sites for hydroxylation is 1. The second-order valence-corrected chi connectivity index (χ2v) is 4.89. The highest BCUT2D eigenvalue weighted by atomic mass is 16.6. The summed E-state index contributed by atoms with van der Waals surface area (Å²) in [6.45, 7) is 3.41. The Morgan fingerprint density at radius 1 is 1.45 bits per heavy atom. The number of amides is 1. The minimum atomic E-state index is -0.0648. The van der Waals surface area contributed by atoms with Crippen LogP contribution in [0, 0.1) is 6.92 Å². The maximum Gasteiger partial charge on any atom is 0.278 e. The third kappa shape index (κ3) is 5.13. The molecule has 0 aliphatic carbocycles. The van der Waals surface area contributed by atoms with Gasteiger partial charge in [0.05, 0.1) is 13.1 Å². The zero-order chi connectivity index (χ0) is 15.8. The first kappa shape index (κ1) is 15.9. The van der Waals surface area contributed by atoms with Crippen LogP contribution in [-0.4, -0.2) is 52.8 Å². The lowest BCUT2D eigenvalue weighted by atomic mass is 10.3. The van der Waals surface area contributed by atoms with E-state index in [1.54, 1.807) is 19.3 Å². The summed E-state index contributed by atoms with van der Waals surface area (Å²) in [5.41, 5.74) is 1.65. The molecule has 0 atom stereocenters. The van der Waals surface area contributed by atoms with E-state index in [1.165, 1.54) is 0 Å². The van der Waals surface area contributed by atoms with Crippen LogP contribution in [0.4, 0.5) is 0 Å². The van der Waals surface area contributed by atoms with Gasteiger partial charge in [0.1, 0.15) is 12.3 Å². The van der Waals surface area contributed by atoms with Gasteiger partial charge in [-0.2, -0.15) is 0 Å². The number of ether oxygens (including phenoxy) is 1. The highest BCUT2D eigenvalue weighted by Crippen LogP contribution is 2.09. The van der Waals surface area contributed by atoms with Gasteiger partial charge in [-0.1, -0.05) is 11.2 Å². The number of nitrogens with one attached hydrogen (secondary N) is 1. The van der Waals surface area contributed by atoms with Gasteiger partial charge in [-0.25, -0.2) is 4.63 Å². The molecule has 0 radical (unpaired) electrons. The fourth-order valence-corrected chi connectivity index (χ4v) is 1.85. The summed E-state index contributed by atoms with van der Waals surface area (Å²) in [4.78, 5) is 17.8. The molecule has 2 aromatic rings. The summed E-state index contributed by atoms with van der Waals surface area (Å²) >= 11 is 0. The van der Waals surface area contributed by atoms with Crippen LogP contribution in [0.25, 0.3) is 0 Å². The summed E-state index contributed by atoms with van der Waals surface area (Å²) in [6.07, 6.45) is 3.51. The molecule has 8 heteroatoms. The minimum Gasteiger partial charge on any atom is -0.472 e. The van der Waals surface area contributed by atoms with Gasteiger partial charge >= 0.3 is 0 Å². The predicted molar refractivity (Wildman–Crippen MR) is 78.1 cm³/mol. The number of hydrogen-bond acceptors (Lipinski definition) is 7. The molecule has 0 aliphatic heterocycles. The monoisotopic (exact) mass is 305 g/mol. The van der Waals surface area contributed by atoms with Crippen LogP contribution in [0.2, 0.25) is 0 Å². The van der Waals surface area contributed by atoms with E-state index < -0.39 is 0 Å². The largest absolute Gasteiger partial charge is 0.472 e. The third-order valence-electron chi connectivity index (χ3n) is 2.86. The minimum absolute atomic E-state index is 0.0648. The Hall–Kier alpha value is -2.48. The Kier molecular flexibility index (Phi) is 5.84. The summed E-state index contributed by atoms with van der Waals surface area (Å²) in [7, 11) is 1.88. The number of nitrogens with zero attached hydrogens (tertiary/aromatic N) is 4. The van der Waals surface area contributed by atoms with Gasteiger partial charge in [0.2, 0.25) is 5.91 Å². The maximum absolute atomic E-state index is 11.8. The van der Waals surface area contributed by atoms with Gasteiger partial charge in [0.25, 0.3) is 5.88 Å². The van der Waals surface area contributed by atoms with E-state index in [4.69, 9.17) is 4.74 Å². The highest BCUT2D eigenvalue weighted by Gasteiger charge is 2.08. The number of hydrogen-bond donors (Lipinski definition) is 1. The smallest absolute Gasteiger partial charge is 0.278 e. The maximum atomic E-state index is 11.8. The van der Waals surface area contributed by atoms with Crippen molar-refractivity contribution in [2.24, 2.45) is 0 Å². The molecule has 2 rings (SSSR count). The molecule has 0 aliphatic rings. The average molecular weight is 305 g/mol. The molecule has 0 unspecified atom stereocenters.